The number of nitrogens with zero attached hydrogens (tertiary/aromatic N) is 2. The van der Waals surface area contributed by atoms with Crippen LogP contribution in [-0.4, -0.2) is 15.0 Å². The van der Waals surface area contributed by atoms with E-state index in [0.29, 0.717) is 11.0 Å². The van der Waals surface area contributed by atoms with Gasteiger partial charge in [0, 0.05) is 11.1 Å². The number of hydrogen-bond donors (Lipinski definition) is 2. The molecular formula is C19H14N4O. The summed E-state index contributed by atoms with van der Waals surface area (Å²) in [7, 11) is 0. The Kier molecular flexibility index (Phi) is 3.31. The predicted molar refractivity (Wildman–Crippen MR) is 95.4 cm³/mol. The molecule has 0 aliphatic heterocycles. The summed E-state index contributed by atoms with van der Waals surface area (Å²) < 4.78 is 0. The summed E-state index contributed by atoms with van der Waals surface area (Å²) in [5.41, 5.74) is 9.17. The molecule has 0 aliphatic rings. The van der Waals surface area contributed by atoms with Crippen molar-refractivity contribution in [2.45, 2.75) is 0 Å². The van der Waals surface area contributed by atoms with Crippen molar-refractivity contribution in [1.82, 2.24) is 15.0 Å². The molecule has 0 saturated carbocycles. The van der Waals surface area contributed by atoms with Crippen LogP contribution < -0.4 is 11.3 Å². The maximum absolute atomic E-state index is 12.4. The monoisotopic (exact) mass is 314 g/mol. The van der Waals surface area contributed by atoms with Gasteiger partial charge in [-0.3, -0.25) is 9.78 Å². The first-order valence-corrected chi connectivity index (χ1v) is 7.54. The fourth-order valence-electron chi connectivity index (χ4n) is 2.76. The lowest BCUT2D eigenvalue weighted by atomic mass is 10.0. The first-order valence-electron chi connectivity index (χ1n) is 7.54. The van der Waals surface area contributed by atoms with Gasteiger partial charge in [-0.25, -0.2) is 4.98 Å². The highest BCUT2D eigenvalue weighted by Gasteiger charge is 2.14. The van der Waals surface area contributed by atoms with Crippen LogP contribution in [0.1, 0.15) is 0 Å². The molecule has 0 amide bonds. The normalized spacial score (nSPS) is 10.8. The smallest absolute Gasteiger partial charge is 0.262 e. The van der Waals surface area contributed by atoms with E-state index in [0.717, 1.165) is 22.4 Å². The number of nitrogens with one attached hydrogen (secondary N) is 1. The van der Waals surface area contributed by atoms with E-state index >= 15 is 0 Å². The van der Waals surface area contributed by atoms with Crippen LogP contribution in [0.4, 0.5) is 5.95 Å². The van der Waals surface area contributed by atoms with Crippen LogP contribution >= 0.6 is 0 Å². The minimum Gasteiger partial charge on any atom is -0.369 e. The van der Waals surface area contributed by atoms with Gasteiger partial charge in [-0.15, -0.1) is 0 Å². The summed E-state index contributed by atoms with van der Waals surface area (Å²) in [6.07, 6.45) is 0. The Bertz CT molecular complexity index is 1070. The Balaban J connectivity index is 2.10. The highest BCUT2D eigenvalue weighted by atomic mass is 16.1. The van der Waals surface area contributed by atoms with Crippen molar-refractivity contribution < 1.29 is 0 Å². The van der Waals surface area contributed by atoms with E-state index < -0.39 is 0 Å². The van der Waals surface area contributed by atoms with E-state index in [1.807, 2.05) is 66.7 Å². The molecule has 0 fully saturated rings. The molecule has 0 atom stereocenters. The van der Waals surface area contributed by atoms with Crippen molar-refractivity contribution in [3.05, 3.63) is 77.1 Å². The number of nitrogen functional groups attached to an aromatic ring is 1. The van der Waals surface area contributed by atoms with Crippen molar-refractivity contribution >= 4 is 17.0 Å². The summed E-state index contributed by atoms with van der Waals surface area (Å²) >= 11 is 0. The number of H-pyrrole nitrogens is 1. The number of anilines is 1. The zero-order chi connectivity index (χ0) is 16.5. The van der Waals surface area contributed by atoms with Gasteiger partial charge in [0.25, 0.3) is 5.56 Å². The Morgan fingerprint density at radius 1 is 0.833 bits per heavy atom. The highest BCUT2D eigenvalue weighted by Crippen LogP contribution is 2.29. The third-order valence-electron chi connectivity index (χ3n) is 3.85. The van der Waals surface area contributed by atoms with Gasteiger partial charge >= 0.3 is 0 Å². The molecule has 24 heavy (non-hydrogen) atoms. The van der Waals surface area contributed by atoms with Crippen LogP contribution in [0, 0.1) is 0 Å². The molecule has 5 nitrogen and oxygen atoms in total. The van der Waals surface area contributed by atoms with Crippen molar-refractivity contribution in [2.75, 3.05) is 5.73 Å². The van der Waals surface area contributed by atoms with E-state index in [2.05, 4.69) is 15.0 Å². The summed E-state index contributed by atoms with van der Waals surface area (Å²) in [5.74, 6) is 0.0595. The van der Waals surface area contributed by atoms with Gasteiger partial charge in [-0.05, 0) is 11.6 Å². The average molecular weight is 314 g/mol. The lowest BCUT2D eigenvalue weighted by Crippen LogP contribution is -2.13. The number of aromatic nitrogens is 3. The second-order valence-corrected chi connectivity index (χ2v) is 5.44. The molecule has 0 aliphatic carbocycles. The Morgan fingerprint density at radius 2 is 1.46 bits per heavy atom. The number of hydrogen-bond acceptors (Lipinski definition) is 4. The predicted octanol–water partition coefficient (Wildman–Crippen LogP) is 3.23. The van der Waals surface area contributed by atoms with Gasteiger partial charge in [0.2, 0.25) is 5.95 Å². The zero-order valence-corrected chi connectivity index (χ0v) is 12.7. The van der Waals surface area contributed by atoms with Crippen molar-refractivity contribution in [3.8, 4) is 22.4 Å². The van der Waals surface area contributed by atoms with Gasteiger partial charge in [0.15, 0.2) is 5.65 Å². The number of fused-ring (bicyclic) bond motifs is 1. The number of benzene rings is 2. The van der Waals surface area contributed by atoms with Gasteiger partial charge in [0.05, 0.1) is 11.1 Å². The summed E-state index contributed by atoms with van der Waals surface area (Å²) in [5, 5.41) is 0.440. The molecule has 2 aromatic carbocycles. The van der Waals surface area contributed by atoms with E-state index in [4.69, 9.17) is 5.73 Å². The molecule has 4 aromatic rings. The minimum absolute atomic E-state index is 0.0595. The standard InChI is InChI=1S/C19H14N4O/c20-19-22-17-16(18(24)23-19)14(12-7-3-1-4-8-12)11-15(21-17)13-9-5-2-6-10-13/h1-11H,(H3,20,21,22,23,24). The summed E-state index contributed by atoms with van der Waals surface area (Å²) in [6, 6.07) is 21.4. The lowest BCUT2D eigenvalue weighted by Gasteiger charge is -2.09. The van der Waals surface area contributed by atoms with Gasteiger partial charge in [-0.1, -0.05) is 60.7 Å². The average Bonchev–Trinajstić information content (AvgIpc) is 2.62. The van der Waals surface area contributed by atoms with Gasteiger partial charge in [-0.2, -0.15) is 4.98 Å². The van der Waals surface area contributed by atoms with Crippen molar-refractivity contribution in [3.63, 3.8) is 0 Å². The van der Waals surface area contributed by atoms with E-state index in [1.165, 1.54) is 0 Å². The maximum atomic E-state index is 12.4. The first-order chi connectivity index (χ1) is 11.7. The van der Waals surface area contributed by atoms with Crippen LogP contribution in [0.2, 0.25) is 0 Å². The Hall–Kier alpha value is -3.47. The minimum atomic E-state index is -0.288. The van der Waals surface area contributed by atoms with Gasteiger partial charge < -0.3 is 5.73 Å². The summed E-state index contributed by atoms with van der Waals surface area (Å²) in [4.78, 5) is 23.7. The SMILES string of the molecule is Nc1nc2nc(-c3ccccc3)cc(-c3ccccc3)c2c(=O)[nH]1. The fraction of sp³-hybridized carbons (Fsp3) is 0. The third kappa shape index (κ3) is 2.42. The van der Waals surface area contributed by atoms with Crippen molar-refractivity contribution in [1.29, 1.82) is 0 Å². The van der Waals surface area contributed by atoms with Crippen LogP contribution in [0.3, 0.4) is 0 Å². The summed E-state index contributed by atoms with van der Waals surface area (Å²) in [6.45, 7) is 0. The molecule has 2 aromatic heterocycles. The number of pyridine rings is 1. The molecule has 0 bridgehead atoms. The number of rotatable bonds is 2. The van der Waals surface area contributed by atoms with Gasteiger partial charge in [0.1, 0.15) is 0 Å². The number of aromatic amines is 1. The molecule has 3 N–H and O–H groups in total. The molecule has 116 valence electrons. The maximum Gasteiger partial charge on any atom is 0.262 e. The lowest BCUT2D eigenvalue weighted by molar-refractivity contribution is 1.16. The number of nitrogens with two attached hydrogens (primary N) is 1. The van der Waals surface area contributed by atoms with Crippen LogP contribution in [0.5, 0.6) is 0 Å². The Labute approximate surface area is 137 Å². The third-order valence-corrected chi connectivity index (χ3v) is 3.85. The molecule has 0 unspecified atom stereocenters. The molecule has 5 heteroatoms. The van der Waals surface area contributed by atoms with Crippen LogP contribution in [0.15, 0.2) is 71.5 Å². The quantitative estimate of drug-likeness (QED) is 0.595. The molecule has 2 heterocycles. The second-order valence-electron chi connectivity index (χ2n) is 5.44. The Morgan fingerprint density at radius 3 is 2.12 bits per heavy atom. The molecule has 4 rings (SSSR count). The largest absolute Gasteiger partial charge is 0.369 e. The first kappa shape index (κ1) is 14.1. The van der Waals surface area contributed by atoms with Crippen LogP contribution in [-0.2, 0) is 0 Å². The van der Waals surface area contributed by atoms with Crippen molar-refractivity contribution in [2.24, 2.45) is 0 Å². The molecule has 0 radical (unpaired) electrons. The zero-order valence-electron chi connectivity index (χ0n) is 12.7. The second kappa shape index (κ2) is 5.62. The topological polar surface area (TPSA) is 84.7 Å². The fourth-order valence-corrected chi connectivity index (χ4v) is 2.76. The molecule has 0 saturated heterocycles. The van der Waals surface area contributed by atoms with Crippen LogP contribution in [0.25, 0.3) is 33.4 Å². The molecular weight excluding hydrogens is 300 g/mol. The van der Waals surface area contributed by atoms with E-state index in [1.54, 1.807) is 0 Å². The van der Waals surface area contributed by atoms with E-state index in [-0.39, 0.29) is 11.5 Å². The van der Waals surface area contributed by atoms with E-state index in [9.17, 15) is 4.79 Å². The highest BCUT2D eigenvalue weighted by molar-refractivity contribution is 5.94. The molecule has 0 spiro atoms.